The SMILES string of the molecule is C[C@@H]1COc2ncc(F)cc2CN2c3nc4c(cnn4cc3OCC[C@H]2C)C(=O)N1. The smallest absolute Gasteiger partial charge is 0.257 e. The number of aromatic nitrogens is 4. The van der Waals surface area contributed by atoms with E-state index in [9.17, 15) is 9.18 Å². The van der Waals surface area contributed by atoms with E-state index in [1.807, 2.05) is 11.8 Å². The number of nitrogens with one attached hydrogen (secondary N) is 1. The van der Waals surface area contributed by atoms with Crippen LogP contribution in [0.2, 0.25) is 0 Å². The van der Waals surface area contributed by atoms with Gasteiger partial charge in [0.2, 0.25) is 5.88 Å². The molecule has 2 atom stereocenters. The third kappa shape index (κ3) is 3.17. The summed E-state index contributed by atoms with van der Waals surface area (Å²) in [6, 6.07) is 1.18. The first-order chi connectivity index (χ1) is 14.5. The molecule has 0 spiro atoms. The number of nitrogens with zero attached hydrogens (tertiary/aromatic N) is 5. The molecule has 1 amide bonds. The van der Waals surface area contributed by atoms with E-state index in [1.165, 1.54) is 16.8 Å². The van der Waals surface area contributed by atoms with Gasteiger partial charge in [-0.05, 0) is 19.9 Å². The van der Waals surface area contributed by atoms with E-state index < -0.39 is 5.82 Å². The number of ether oxygens (including phenoxy) is 2. The first-order valence-corrected chi connectivity index (χ1v) is 9.85. The van der Waals surface area contributed by atoms with Crippen molar-refractivity contribution in [2.45, 2.75) is 38.9 Å². The van der Waals surface area contributed by atoms with E-state index in [1.54, 1.807) is 6.20 Å². The van der Waals surface area contributed by atoms with Crippen LogP contribution in [0.25, 0.3) is 5.65 Å². The lowest BCUT2D eigenvalue weighted by atomic mass is 10.1. The Kier molecular flexibility index (Phi) is 4.41. The number of hydrogen-bond acceptors (Lipinski definition) is 7. The monoisotopic (exact) mass is 412 g/mol. The van der Waals surface area contributed by atoms with Gasteiger partial charge < -0.3 is 19.7 Å². The molecule has 0 fully saturated rings. The van der Waals surface area contributed by atoms with Crippen molar-refractivity contribution in [2.24, 2.45) is 0 Å². The zero-order chi connectivity index (χ0) is 20.8. The van der Waals surface area contributed by atoms with Crippen molar-refractivity contribution in [1.29, 1.82) is 0 Å². The number of amides is 1. The second-order valence-electron chi connectivity index (χ2n) is 7.67. The fourth-order valence-electron chi connectivity index (χ4n) is 3.73. The van der Waals surface area contributed by atoms with E-state index in [-0.39, 0.29) is 24.6 Å². The summed E-state index contributed by atoms with van der Waals surface area (Å²) < 4.78 is 27.3. The summed E-state index contributed by atoms with van der Waals surface area (Å²) in [5.74, 6) is 0.721. The predicted octanol–water partition coefficient (Wildman–Crippen LogP) is 1.95. The predicted molar refractivity (Wildman–Crippen MR) is 105 cm³/mol. The largest absolute Gasteiger partial charge is 0.488 e. The van der Waals surface area contributed by atoms with Crippen molar-refractivity contribution in [3.63, 3.8) is 0 Å². The molecule has 1 N–H and O–H groups in total. The van der Waals surface area contributed by atoms with Gasteiger partial charge in [-0.3, -0.25) is 4.79 Å². The zero-order valence-corrected chi connectivity index (χ0v) is 16.6. The van der Waals surface area contributed by atoms with Crippen LogP contribution in [0, 0.1) is 5.82 Å². The zero-order valence-electron chi connectivity index (χ0n) is 16.6. The van der Waals surface area contributed by atoms with Gasteiger partial charge in [0.15, 0.2) is 17.2 Å². The molecule has 5 rings (SSSR count). The molecule has 156 valence electrons. The number of carbonyl (C=O) groups excluding carboxylic acids is 1. The molecule has 2 aliphatic heterocycles. The second-order valence-corrected chi connectivity index (χ2v) is 7.67. The van der Waals surface area contributed by atoms with Crippen LogP contribution in [0.4, 0.5) is 10.2 Å². The average Bonchev–Trinajstić information content (AvgIpc) is 3.06. The van der Waals surface area contributed by atoms with Crippen LogP contribution in [0.1, 0.15) is 36.2 Å². The quantitative estimate of drug-likeness (QED) is 0.603. The maximum atomic E-state index is 14.0. The van der Waals surface area contributed by atoms with Gasteiger partial charge in [0.05, 0.1) is 37.8 Å². The van der Waals surface area contributed by atoms with Gasteiger partial charge >= 0.3 is 0 Å². The first kappa shape index (κ1) is 18.6. The van der Waals surface area contributed by atoms with Crippen molar-refractivity contribution in [1.82, 2.24) is 24.9 Å². The van der Waals surface area contributed by atoms with Gasteiger partial charge in [0.25, 0.3) is 5.91 Å². The Bertz CT molecular complexity index is 1130. The topological polar surface area (TPSA) is 93.9 Å². The molecule has 2 bridgehead atoms. The van der Waals surface area contributed by atoms with Gasteiger partial charge in [-0.2, -0.15) is 5.10 Å². The van der Waals surface area contributed by atoms with E-state index in [0.717, 1.165) is 12.6 Å². The van der Waals surface area contributed by atoms with Gasteiger partial charge in [-0.1, -0.05) is 0 Å². The first-order valence-electron chi connectivity index (χ1n) is 9.85. The van der Waals surface area contributed by atoms with Gasteiger partial charge in [0.1, 0.15) is 18.0 Å². The lowest BCUT2D eigenvalue weighted by Crippen LogP contribution is -2.37. The molecule has 9 nitrogen and oxygen atoms in total. The summed E-state index contributed by atoms with van der Waals surface area (Å²) in [6.45, 7) is 4.91. The standard InChI is InChI=1S/C20H21FN6O3/c1-11-10-30-20-13(5-14(21)6-22-20)8-26-12(2)3-4-29-16-9-27-17(25-18(16)26)15(7-23-27)19(28)24-11/h5-7,9,11-12H,3-4,8,10H2,1-2H3,(H,24,28)/t11-,12-/m1/s1. The molecule has 2 aliphatic rings. The second kappa shape index (κ2) is 7.12. The number of halogens is 1. The van der Waals surface area contributed by atoms with Crippen LogP contribution in [0.3, 0.4) is 0 Å². The number of anilines is 1. The number of rotatable bonds is 0. The van der Waals surface area contributed by atoms with Crippen molar-refractivity contribution in [3.05, 3.63) is 41.6 Å². The molecule has 30 heavy (non-hydrogen) atoms. The molecular weight excluding hydrogens is 391 g/mol. The molecular formula is C20H21FN6O3. The van der Waals surface area contributed by atoms with E-state index >= 15 is 0 Å². The highest BCUT2D eigenvalue weighted by atomic mass is 19.1. The lowest BCUT2D eigenvalue weighted by Gasteiger charge is -2.29. The molecule has 0 unspecified atom stereocenters. The molecule has 0 saturated carbocycles. The molecule has 0 aromatic carbocycles. The Labute approximate surface area is 171 Å². The minimum absolute atomic E-state index is 0.0570. The van der Waals surface area contributed by atoms with Crippen molar-refractivity contribution in [2.75, 3.05) is 18.1 Å². The third-order valence-corrected chi connectivity index (χ3v) is 5.36. The molecule has 0 saturated heterocycles. The fraction of sp³-hybridized carbons (Fsp3) is 0.400. The Morgan fingerprint density at radius 3 is 3.00 bits per heavy atom. The van der Waals surface area contributed by atoms with Crippen molar-refractivity contribution in [3.8, 4) is 11.6 Å². The van der Waals surface area contributed by atoms with Crippen LogP contribution < -0.4 is 19.7 Å². The summed E-state index contributed by atoms with van der Waals surface area (Å²) >= 11 is 0. The summed E-state index contributed by atoms with van der Waals surface area (Å²) in [5, 5.41) is 7.15. The highest BCUT2D eigenvalue weighted by Crippen LogP contribution is 2.34. The van der Waals surface area contributed by atoms with Crippen LogP contribution in [0.15, 0.2) is 24.7 Å². The summed E-state index contributed by atoms with van der Waals surface area (Å²) in [6.07, 6.45) is 5.10. The highest BCUT2D eigenvalue weighted by Gasteiger charge is 2.28. The van der Waals surface area contributed by atoms with Crippen LogP contribution >= 0.6 is 0 Å². The highest BCUT2D eigenvalue weighted by molar-refractivity contribution is 6.00. The Morgan fingerprint density at radius 2 is 2.13 bits per heavy atom. The number of pyridine rings is 1. The third-order valence-electron chi connectivity index (χ3n) is 5.36. The maximum Gasteiger partial charge on any atom is 0.257 e. The summed E-state index contributed by atoms with van der Waals surface area (Å²) in [7, 11) is 0. The summed E-state index contributed by atoms with van der Waals surface area (Å²) in [4.78, 5) is 23.7. The minimum atomic E-state index is -0.441. The Hall–Kier alpha value is -3.43. The Balaban J connectivity index is 1.71. The van der Waals surface area contributed by atoms with Gasteiger partial charge in [0, 0.05) is 18.0 Å². The normalized spacial score (nSPS) is 21.4. The molecule has 3 aromatic rings. The Morgan fingerprint density at radius 1 is 1.27 bits per heavy atom. The van der Waals surface area contributed by atoms with Crippen LogP contribution in [-0.2, 0) is 6.54 Å². The molecule has 3 aromatic heterocycles. The fourth-order valence-corrected chi connectivity index (χ4v) is 3.73. The van der Waals surface area contributed by atoms with E-state index in [4.69, 9.17) is 14.5 Å². The van der Waals surface area contributed by atoms with E-state index in [0.29, 0.717) is 47.4 Å². The molecule has 0 radical (unpaired) electrons. The lowest BCUT2D eigenvalue weighted by molar-refractivity contribution is 0.0927. The molecule has 10 heteroatoms. The minimum Gasteiger partial charge on any atom is -0.488 e. The van der Waals surface area contributed by atoms with Crippen LogP contribution in [-0.4, -0.2) is 50.8 Å². The number of hydrogen-bond donors (Lipinski definition) is 1. The number of fused-ring (bicyclic) bond motifs is 1. The molecule has 5 heterocycles. The number of carbonyl (C=O) groups is 1. The van der Waals surface area contributed by atoms with Crippen LogP contribution in [0.5, 0.6) is 11.6 Å². The van der Waals surface area contributed by atoms with E-state index in [2.05, 4.69) is 22.3 Å². The van der Waals surface area contributed by atoms with Gasteiger partial charge in [-0.15, -0.1) is 0 Å². The average molecular weight is 412 g/mol. The van der Waals surface area contributed by atoms with Gasteiger partial charge in [-0.25, -0.2) is 18.9 Å². The van der Waals surface area contributed by atoms with Crippen molar-refractivity contribution < 1.29 is 18.7 Å². The molecule has 0 aliphatic carbocycles. The summed E-state index contributed by atoms with van der Waals surface area (Å²) in [5.41, 5.74) is 1.39. The van der Waals surface area contributed by atoms with Crippen molar-refractivity contribution >= 4 is 17.4 Å². The maximum absolute atomic E-state index is 14.0.